The first kappa shape index (κ1) is 16.8. The van der Waals surface area contributed by atoms with Gasteiger partial charge < -0.3 is 19.5 Å². The quantitative estimate of drug-likeness (QED) is 0.894. The molecule has 7 nitrogen and oxygen atoms in total. The fraction of sp³-hybridized carbons (Fsp3) is 0.278. The van der Waals surface area contributed by atoms with Gasteiger partial charge in [0.1, 0.15) is 12.3 Å². The monoisotopic (exact) mass is 341 g/mol. The maximum atomic E-state index is 12.4. The van der Waals surface area contributed by atoms with Crippen molar-refractivity contribution in [2.75, 3.05) is 26.7 Å². The molecule has 2 heterocycles. The highest BCUT2D eigenvalue weighted by Crippen LogP contribution is 2.16. The van der Waals surface area contributed by atoms with Gasteiger partial charge in [-0.1, -0.05) is 12.1 Å². The van der Waals surface area contributed by atoms with Crippen LogP contribution in [0.15, 0.2) is 47.4 Å². The first-order valence-corrected chi connectivity index (χ1v) is 7.95. The van der Waals surface area contributed by atoms with Gasteiger partial charge in [0, 0.05) is 31.9 Å². The lowest BCUT2D eigenvalue weighted by molar-refractivity contribution is -0.135. The minimum atomic E-state index is -0.268. The number of nitrogens with one attached hydrogen (secondary N) is 1. The number of nitrogens with zero attached hydrogens (tertiary/aromatic N) is 2. The number of methoxy groups -OCH3 is 1. The molecule has 0 aliphatic carbocycles. The molecule has 7 heteroatoms. The number of aromatic nitrogens is 1. The van der Waals surface area contributed by atoms with Gasteiger partial charge in [-0.05, 0) is 23.8 Å². The van der Waals surface area contributed by atoms with Gasteiger partial charge in [-0.15, -0.1) is 0 Å². The minimum Gasteiger partial charge on any atom is -0.497 e. The Hall–Kier alpha value is -3.09. The summed E-state index contributed by atoms with van der Waals surface area (Å²) in [6.45, 7) is 1.43. The van der Waals surface area contributed by atoms with Gasteiger partial charge in [0.05, 0.1) is 12.7 Å². The Morgan fingerprint density at radius 2 is 2.04 bits per heavy atom. The number of H-pyrrole nitrogens is 1. The van der Waals surface area contributed by atoms with E-state index in [0.717, 1.165) is 11.3 Å². The van der Waals surface area contributed by atoms with E-state index < -0.39 is 0 Å². The van der Waals surface area contributed by atoms with Gasteiger partial charge >= 0.3 is 0 Å². The highest BCUT2D eigenvalue weighted by molar-refractivity contribution is 5.96. The third-order valence-electron chi connectivity index (χ3n) is 4.14. The normalized spacial score (nSPS) is 14.5. The highest BCUT2D eigenvalue weighted by atomic mass is 16.5. The summed E-state index contributed by atoms with van der Waals surface area (Å²) in [4.78, 5) is 41.6. The van der Waals surface area contributed by atoms with Crippen LogP contribution in [0.5, 0.6) is 5.75 Å². The standard InChI is InChI=1S/C18H19N3O4/c1-25-15-4-2-3-13(9-15)11-20-7-8-21(12-17(20)23)18(24)14-5-6-16(22)19-10-14/h2-6,9-10H,7-8,11-12H2,1H3,(H,19,22). The summed E-state index contributed by atoms with van der Waals surface area (Å²) in [5, 5.41) is 0. The molecule has 1 saturated heterocycles. The van der Waals surface area contributed by atoms with Gasteiger partial charge in [0.25, 0.3) is 5.91 Å². The average molecular weight is 341 g/mol. The Kier molecular flexibility index (Phi) is 4.83. The summed E-state index contributed by atoms with van der Waals surface area (Å²) in [5.74, 6) is 0.384. The number of carbonyl (C=O) groups is 2. The Bertz CT molecular complexity index is 826. The van der Waals surface area contributed by atoms with Crippen molar-refractivity contribution in [3.63, 3.8) is 0 Å². The van der Waals surface area contributed by atoms with E-state index in [0.29, 0.717) is 25.2 Å². The third kappa shape index (κ3) is 3.88. The Morgan fingerprint density at radius 3 is 2.72 bits per heavy atom. The number of benzene rings is 1. The Morgan fingerprint density at radius 1 is 1.20 bits per heavy atom. The van der Waals surface area contributed by atoms with Crippen LogP contribution in [0.2, 0.25) is 0 Å². The van der Waals surface area contributed by atoms with E-state index in [-0.39, 0.29) is 23.9 Å². The van der Waals surface area contributed by atoms with Crippen LogP contribution in [-0.4, -0.2) is 53.3 Å². The molecule has 0 unspecified atom stereocenters. The summed E-state index contributed by atoms with van der Waals surface area (Å²) in [6.07, 6.45) is 1.37. The molecule has 2 aromatic rings. The van der Waals surface area contributed by atoms with Crippen LogP contribution in [0.25, 0.3) is 0 Å². The number of aromatic amines is 1. The molecule has 2 amide bonds. The predicted molar refractivity (Wildman–Crippen MR) is 91.4 cm³/mol. The zero-order chi connectivity index (χ0) is 17.8. The number of amides is 2. The molecule has 3 rings (SSSR count). The van der Waals surface area contributed by atoms with Crippen LogP contribution in [0.3, 0.4) is 0 Å². The fourth-order valence-electron chi connectivity index (χ4n) is 2.77. The van der Waals surface area contributed by atoms with Crippen molar-refractivity contribution in [1.82, 2.24) is 14.8 Å². The first-order chi connectivity index (χ1) is 12.1. The molecule has 0 spiro atoms. The summed E-state index contributed by atoms with van der Waals surface area (Å²) >= 11 is 0. The number of pyridine rings is 1. The van der Waals surface area contributed by atoms with E-state index in [1.807, 2.05) is 24.3 Å². The summed E-state index contributed by atoms with van der Waals surface area (Å²) < 4.78 is 5.20. The molecule has 1 N–H and O–H groups in total. The second-order valence-electron chi connectivity index (χ2n) is 5.84. The third-order valence-corrected chi connectivity index (χ3v) is 4.14. The number of carbonyl (C=O) groups excluding carboxylic acids is 2. The van der Waals surface area contributed by atoms with Crippen LogP contribution < -0.4 is 10.3 Å². The van der Waals surface area contributed by atoms with Crippen LogP contribution in [0, 0.1) is 0 Å². The molecule has 1 aliphatic heterocycles. The Labute approximate surface area is 144 Å². The van der Waals surface area contributed by atoms with Crippen molar-refractivity contribution in [2.45, 2.75) is 6.54 Å². The van der Waals surface area contributed by atoms with Crippen LogP contribution in [-0.2, 0) is 11.3 Å². The van der Waals surface area contributed by atoms with Crippen LogP contribution >= 0.6 is 0 Å². The molecule has 130 valence electrons. The van der Waals surface area contributed by atoms with Gasteiger partial charge in [0.15, 0.2) is 0 Å². The molecular weight excluding hydrogens is 322 g/mol. The first-order valence-electron chi connectivity index (χ1n) is 7.95. The molecule has 0 bridgehead atoms. The number of ether oxygens (including phenoxy) is 1. The van der Waals surface area contributed by atoms with E-state index in [9.17, 15) is 14.4 Å². The predicted octanol–water partition coefficient (Wildman–Crippen LogP) is 0.868. The lowest BCUT2D eigenvalue weighted by Gasteiger charge is -2.34. The molecule has 1 aromatic carbocycles. The number of hydrogen-bond donors (Lipinski definition) is 1. The Balaban J connectivity index is 1.64. The summed E-state index contributed by atoms with van der Waals surface area (Å²) in [6, 6.07) is 10.3. The molecule has 1 fully saturated rings. The largest absolute Gasteiger partial charge is 0.497 e. The van der Waals surface area contributed by atoms with Gasteiger partial charge in [0.2, 0.25) is 11.5 Å². The van der Waals surface area contributed by atoms with E-state index >= 15 is 0 Å². The topological polar surface area (TPSA) is 82.7 Å². The van der Waals surface area contributed by atoms with Crippen molar-refractivity contribution in [3.8, 4) is 5.75 Å². The zero-order valence-corrected chi connectivity index (χ0v) is 13.9. The maximum Gasteiger partial charge on any atom is 0.255 e. The van der Waals surface area contributed by atoms with Crippen LogP contribution in [0.4, 0.5) is 0 Å². The van der Waals surface area contributed by atoms with E-state index in [2.05, 4.69) is 4.98 Å². The lowest BCUT2D eigenvalue weighted by atomic mass is 10.1. The van der Waals surface area contributed by atoms with Crippen molar-refractivity contribution in [3.05, 3.63) is 64.1 Å². The molecular formula is C18H19N3O4. The van der Waals surface area contributed by atoms with Crippen molar-refractivity contribution in [2.24, 2.45) is 0 Å². The average Bonchev–Trinajstić information content (AvgIpc) is 2.63. The van der Waals surface area contributed by atoms with E-state index in [1.54, 1.807) is 12.0 Å². The van der Waals surface area contributed by atoms with Crippen molar-refractivity contribution >= 4 is 11.8 Å². The van der Waals surface area contributed by atoms with Gasteiger partial charge in [-0.3, -0.25) is 14.4 Å². The molecule has 0 radical (unpaired) electrons. The SMILES string of the molecule is COc1cccc(CN2CCN(C(=O)c3ccc(=O)[nH]c3)CC2=O)c1. The molecule has 25 heavy (non-hydrogen) atoms. The second kappa shape index (κ2) is 7.21. The summed E-state index contributed by atoms with van der Waals surface area (Å²) in [7, 11) is 1.60. The fourth-order valence-corrected chi connectivity index (χ4v) is 2.77. The minimum absolute atomic E-state index is 0.0297. The smallest absolute Gasteiger partial charge is 0.255 e. The van der Waals surface area contributed by atoms with Crippen LogP contribution in [0.1, 0.15) is 15.9 Å². The van der Waals surface area contributed by atoms with Gasteiger partial charge in [-0.25, -0.2) is 0 Å². The molecule has 0 atom stereocenters. The molecule has 1 aliphatic rings. The summed E-state index contributed by atoms with van der Waals surface area (Å²) in [5.41, 5.74) is 1.08. The second-order valence-corrected chi connectivity index (χ2v) is 5.84. The lowest BCUT2D eigenvalue weighted by Crippen LogP contribution is -2.51. The van der Waals surface area contributed by atoms with E-state index in [4.69, 9.17) is 4.74 Å². The van der Waals surface area contributed by atoms with Gasteiger partial charge in [-0.2, -0.15) is 0 Å². The van der Waals surface area contributed by atoms with E-state index in [1.165, 1.54) is 23.2 Å². The maximum absolute atomic E-state index is 12.4. The number of rotatable bonds is 4. The zero-order valence-electron chi connectivity index (χ0n) is 13.9. The molecule has 1 aromatic heterocycles. The van der Waals surface area contributed by atoms with Crippen molar-refractivity contribution in [1.29, 1.82) is 0 Å². The number of hydrogen-bond acceptors (Lipinski definition) is 4. The van der Waals surface area contributed by atoms with Crippen molar-refractivity contribution < 1.29 is 14.3 Å². The number of piperazine rings is 1. The highest BCUT2D eigenvalue weighted by Gasteiger charge is 2.27. The molecule has 0 saturated carbocycles.